The Morgan fingerprint density at radius 3 is 2.89 bits per heavy atom. The highest BCUT2D eigenvalue weighted by atomic mass is 16.6. The molecular formula is C11H14N2O5. The second-order valence-electron chi connectivity index (χ2n) is 3.56. The molecule has 0 spiro atoms. The van der Waals surface area contributed by atoms with Crippen molar-refractivity contribution >= 4 is 12.2 Å². The van der Waals surface area contributed by atoms with E-state index >= 15 is 0 Å². The first kappa shape index (κ1) is 13.8. The smallest absolute Gasteiger partial charge is 0.407 e. The summed E-state index contributed by atoms with van der Waals surface area (Å²) in [4.78, 5) is 21.3. The second-order valence-corrected chi connectivity index (χ2v) is 3.56. The molecule has 0 saturated carbocycles. The van der Waals surface area contributed by atoms with Crippen LogP contribution in [-0.4, -0.2) is 30.2 Å². The van der Waals surface area contributed by atoms with Crippen LogP contribution in [0.4, 0.5) is 4.79 Å². The monoisotopic (exact) mass is 254 g/mol. The second kappa shape index (κ2) is 6.43. The fourth-order valence-electron chi connectivity index (χ4n) is 1.24. The van der Waals surface area contributed by atoms with E-state index in [1.165, 1.54) is 26.4 Å². The summed E-state index contributed by atoms with van der Waals surface area (Å²) in [5, 5.41) is 13.1. The molecule has 1 aromatic heterocycles. The molecular weight excluding hydrogens is 240 g/mol. The minimum absolute atomic E-state index is 0.479. The lowest BCUT2D eigenvalue weighted by molar-refractivity contribution is -0.520. The van der Waals surface area contributed by atoms with Crippen molar-refractivity contribution in [2.75, 3.05) is 7.11 Å². The first-order valence-electron chi connectivity index (χ1n) is 5.24. The maximum absolute atomic E-state index is 11.1. The van der Waals surface area contributed by atoms with Gasteiger partial charge in [-0.05, 0) is 18.2 Å². The van der Waals surface area contributed by atoms with Gasteiger partial charge in [-0.15, -0.1) is 0 Å². The standard InChI is InChI=1S/C11H14N2O5/c1-8(13(15)16)10(12-11(14)17-2)6-5-9-4-3-7-18-9/h3-8,10H,1-2H3,(H,12,14)/b6-5+/t8-,10+/m1/s1. The van der Waals surface area contributed by atoms with E-state index in [2.05, 4.69) is 10.1 Å². The van der Waals surface area contributed by atoms with Crippen molar-refractivity contribution in [1.82, 2.24) is 5.32 Å². The largest absolute Gasteiger partial charge is 0.465 e. The maximum Gasteiger partial charge on any atom is 0.407 e. The van der Waals surface area contributed by atoms with Crippen molar-refractivity contribution in [2.24, 2.45) is 0 Å². The Labute approximate surface area is 104 Å². The predicted molar refractivity (Wildman–Crippen MR) is 63.5 cm³/mol. The number of rotatable bonds is 5. The van der Waals surface area contributed by atoms with E-state index in [9.17, 15) is 14.9 Å². The topological polar surface area (TPSA) is 94.6 Å². The van der Waals surface area contributed by atoms with Gasteiger partial charge in [0, 0.05) is 11.8 Å². The lowest BCUT2D eigenvalue weighted by Gasteiger charge is -2.15. The number of alkyl carbamates (subject to hydrolysis) is 1. The molecule has 2 atom stereocenters. The zero-order chi connectivity index (χ0) is 13.5. The molecule has 0 radical (unpaired) electrons. The summed E-state index contributed by atoms with van der Waals surface area (Å²) in [5.41, 5.74) is 0. The van der Waals surface area contributed by atoms with E-state index in [0.717, 1.165) is 0 Å². The van der Waals surface area contributed by atoms with Crippen LogP contribution < -0.4 is 5.32 Å². The quantitative estimate of drug-likeness (QED) is 0.637. The summed E-state index contributed by atoms with van der Waals surface area (Å²) in [6.45, 7) is 1.40. The Morgan fingerprint density at radius 2 is 2.39 bits per heavy atom. The van der Waals surface area contributed by atoms with Crippen molar-refractivity contribution < 1.29 is 18.9 Å². The summed E-state index contributed by atoms with van der Waals surface area (Å²) >= 11 is 0. The molecule has 0 bridgehead atoms. The number of methoxy groups -OCH3 is 1. The number of hydrogen-bond acceptors (Lipinski definition) is 5. The fraction of sp³-hybridized carbons (Fsp3) is 0.364. The maximum atomic E-state index is 11.1. The van der Waals surface area contributed by atoms with Gasteiger partial charge in [-0.25, -0.2) is 4.79 Å². The minimum atomic E-state index is -0.977. The molecule has 0 aliphatic heterocycles. The highest BCUT2D eigenvalue weighted by Crippen LogP contribution is 2.06. The van der Waals surface area contributed by atoms with E-state index in [1.54, 1.807) is 18.2 Å². The Bertz CT molecular complexity index is 427. The van der Waals surface area contributed by atoms with Crippen LogP contribution in [0.5, 0.6) is 0 Å². The van der Waals surface area contributed by atoms with Crippen molar-refractivity contribution in [3.05, 3.63) is 40.3 Å². The first-order chi connectivity index (χ1) is 8.54. The van der Waals surface area contributed by atoms with Crippen LogP contribution in [0.15, 0.2) is 28.9 Å². The van der Waals surface area contributed by atoms with E-state index in [0.29, 0.717) is 5.76 Å². The van der Waals surface area contributed by atoms with Crippen LogP contribution in [0.1, 0.15) is 12.7 Å². The zero-order valence-corrected chi connectivity index (χ0v) is 10.0. The Morgan fingerprint density at radius 1 is 1.67 bits per heavy atom. The molecule has 0 aliphatic carbocycles. The lowest BCUT2D eigenvalue weighted by Crippen LogP contribution is -2.44. The van der Waals surface area contributed by atoms with Gasteiger partial charge < -0.3 is 14.5 Å². The third-order valence-corrected chi connectivity index (χ3v) is 2.33. The van der Waals surface area contributed by atoms with Crippen LogP contribution in [0.3, 0.4) is 0 Å². The van der Waals surface area contributed by atoms with Crippen molar-refractivity contribution in [3.63, 3.8) is 0 Å². The number of hydrogen-bond donors (Lipinski definition) is 1. The molecule has 7 heteroatoms. The zero-order valence-electron chi connectivity index (χ0n) is 10.0. The van der Waals surface area contributed by atoms with Crippen LogP contribution in [0.25, 0.3) is 6.08 Å². The van der Waals surface area contributed by atoms with E-state index in [-0.39, 0.29) is 0 Å². The number of ether oxygens (including phenoxy) is 1. The SMILES string of the molecule is COC(=O)N[C@@H](/C=C/c1ccco1)[C@@H](C)[N+](=O)[O-]. The molecule has 7 nitrogen and oxygen atoms in total. The van der Waals surface area contributed by atoms with E-state index < -0.39 is 23.1 Å². The third-order valence-electron chi connectivity index (χ3n) is 2.33. The summed E-state index contributed by atoms with van der Waals surface area (Å²) in [7, 11) is 1.19. The van der Waals surface area contributed by atoms with Gasteiger partial charge in [0.15, 0.2) is 0 Å². The average Bonchev–Trinajstić information content (AvgIpc) is 2.86. The minimum Gasteiger partial charge on any atom is -0.465 e. The Hall–Kier alpha value is -2.31. The van der Waals surface area contributed by atoms with Gasteiger partial charge in [0.05, 0.1) is 13.4 Å². The summed E-state index contributed by atoms with van der Waals surface area (Å²) < 4.78 is 9.47. The number of nitrogens with one attached hydrogen (secondary N) is 1. The molecule has 1 aromatic rings. The van der Waals surface area contributed by atoms with E-state index in [1.807, 2.05) is 0 Å². The normalized spacial score (nSPS) is 14.1. The highest BCUT2D eigenvalue weighted by molar-refractivity contribution is 5.68. The summed E-state index contributed by atoms with van der Waals surface area (Å²) in [5.74, 6) is 0.544. The summed E-state index contributed by atoms with van der Waals surface area (Å²) in [6.07, 6.45) is 3.81. The summed E-state index contributed by atoms with van der Waals surface area (Å²) in [6, 6.07) is 1.63. The van der Waals surface area contributed by atoms with E-state index in [4.69, 9.17) is 4.42 Å². The van der Waals surface area contributed by atoms with Crippen LogP contribution in [-0.2, 0) is 4.74 Å². The van der Waals surface area contributed by atoms with Crippen LogP contribution in [0.2, 0.25) is 0 Å². The number of nitrogens with zero attached hydrogens (tertiary/aromatic N) is 1. The predicted octanol–water partition coefficient (Wildman–Crippen LogP) is 1.68. The number of carbonyl (C=O) groups excluding carboxylic acids is 1. The van der Waals surface area contributed by atoms with Crippen LogP contribution in [0, 0.1) is 10.1 Å². The van der Waals surface area contributed by atoms with Crippen molar-refractivity contribution in [3.8, 4) is 0 Å². The first-order valence-corrected chi connectivity index (χ1v) is 5.24. The number of carbonyl (C=O) groups is 1. The third kappa shape index (κ3) is 3.93. The van der Waals surface area contributed by atoms with Crippen molar-refractivity contribution in [1.29, 1.82) is 0 Å². The number of furan rings is 1. The molecule has 1 amide bonds. The molecule has 98 valence electrons. The fourth-order valence-corrected chi connectivity index (χ4v) is 1.24. The molecule has 1 rings (SSSR count). The number of nitro groups is 1. The molecule has 0 fully saturated rings. The molecule has 0 saturated heterocycles. The lowest BCUT2D eigenvalue weighted by atomic mass is 10.1. The number of amides is 1. The van der Waals surface area contributed by atoms with Crippen molar-refractivity contribution in [2.45, 2.75) is 19.0 Å². The van der Waals surface area contributed by atoms with Gasteiger partial charge in [-0.3, -0.25) is 10.1 Å². The molecule has 0 aliphatic rings. The Balaban J connectivity index is 2.77. The highest BCUT2D eigenvalue weighted by Gasteiger charge is 2.26. The molecule has 1 heterocycles. The van der Waals surface area contributed by atoms with Gasteiger partial charge in [0.1, 0.15) is 11.8 Å². The van der Waals surface area contributed by atoms with Gasteiger partial charge in [-0.2, -0.15) is 0 Å². The van der Waals surface area contributed by atoms with Crippen LogP contribution >= 0.6 is 0 Å². The van der Waals surface area contributed by atoms with Gasteiger partial charge in [-0.1, -0.05) is 6.08 Å². The Kier molecular flexibility index (Phi) is 4.91. The molecule has 1 N–H and O–H groups in total. The average molecular weight is 254 g/mol. The molecule has 0 unspecified atom stereocenters. The van der Waals surface area contributed by atoms with Gasteiger partial charge in [0.25, 0.3) is 0 Å². The molecule has 18 heavy (non-hydrogen) atoms. The van der Waals surface area contributed by atoms with Gasteiger partial charge in [0.2, 0.25) is 6.04 Å². The van der Waals surface area contributed by atoms with Gasteiger partial charge >= 0.3 is 6.09 Å². The molecule has 0 aromatic carbocycles.